The quantitative estimate of drug-likeness (QED) is 0.258. The van der Waals surface area contributed by atoms with Crippen LogP contribution in [0.2, 0.25) is 10.0 Å². The number of benzene rings is 3. The molecule has 0 unspecified atom stereocenters. The van der Waals surface area contributed by atoms with Gasteiger partial charge in [-0.2, -0.15) is 5.26 Å². The zero-order chi connectivity index (χ0) is 34.1. The van der Waals surface area contributed by atoms with Crippen molar-refractivity contribution in [3.05, 3.63) is 99.5 Å². The van der Waals surface area contributed by atoms with E-state index in [1.807, 2.05) is 30.3 Å². The first-order chi connectivity index (χ1) is 22.2. The van der Waals surface area contributed by atoms with Gasteiger partial charge < -0.3 is 15.0 Å². The average Bonchev–Trinajstić information content (AvgIpc) is 3.47. The molecule has 2 aliphatic heterocycles. The maximum atomic E-state index is 14.5. The number of nitrogens with zero attached hydrogens (tertiary/aromatic N) is 4. The largest absolute Gasteiger partial charge is 0.458 e. The second-order valence-electron chi connectivity index (χ2n) is 12.8. The van der Waals surface area contributed by atoms with E-state index in [1.165, 1.54) is 23.1 Å². The van der Waals surface area contributed by atoms with E-state index >= 15 is 0 Å². The molecule has 3 aromatic rings. The molecule has 2 aliphatic rings. The molecule has 244 valence electrons. The Morgan fingerprint density at radius 3 is 2.28 bits per heavy atom. The summed E-state index contributed by atoms with van der Waals surface area (Å²) >= 11 is 12.5. The monoisotopic (exact) mass is 675 g/mol. The standard InChI is InChI=1S/C35H35Cl2N5O5/c1-34(2,3)47-31(44)29(14-22-8-6-5-7-9-22)39-30(43)20-41-19-28(24-12-10-23(18-38)11-13-24)35(21-41)32(45)42(33(46)40(35)4)27-16-25(36)15-26(37)17-27/h5-13,15-17,28-29H,14,19-21H2,1-4H3,(H,39,43)/t28-,29-,35+/m0/s1. The Hall–Kier alpha value is -4.43. The number of imide groups is 1. The number of hydrogen-bond donors (Lipinski definition) is 1. The molecular weight excluding hydrogens is 641 g/mol. The first kappa shape index (κ1) is 33.9. The van der Waals surface area contributed by atoms with Crippen molar-refractivity contribution in [3.63, 3.8) is 0 Å². The van der Waals surface area contributed by atoms with Gasteiger partial charge in [-0.15, -0.1) is 0 Å². The summed E-state index contributed by atoms with van der Waals surface area (Å²) in [5.41, 5.74) is 0.0997. The number of halogens is 2. The fourth-order valence-electron chi connectivity index (χ4n) is 6.27. The fourth-order valence-corrected chi connectivity index (χ4v) is 6.79. The third-order valence-corrected chi connectivity index (χ3v) is 8.79. The molecule has 12 heteroatoms. The Morgan fingerprint density at radius 1 is 1.04 bits per heavy atom. The van der Waals surface area contributed by atoms with Gasteiger partial charge in [0.2, 0.25) is 5.91 Å². The summed E-state index contributed by atoms with van der Waals surface area (Å²) in [6.07, 6.45) is 0.228. The van der Waals surface area contributed by atoms with E-state index in [2.05, 4.69) is 11.4 Å². The van der Waals surface area contributed by atoms with Crippen molar-refractivity contribution in [2.75, 3.05) is 31.6 Å². The van der Waals surface area contributed by atoms with Crippen LogP contribution < -0.4 is 10.2 Å². The van der Waals surface area contributed by atoms with Crippen LogP contribution in [0.15, 0.2) is 72.8 Å². The van der Waals surface area contributed by atoms with E-state index < -0.39 is 46.9 Å². The molecule has 10 nitrogen and oxygen atoms in total. The van der Waals surface area contributed by atoms with Gasteiger partial charge in [-0.25, -0.2) is 14.5 Å². The van der Waals surface area contributed by atoms with Crippen LogP contribution in [0.4, 0.5) is 10.5 Å². The summed E-state index contributed by atoms with van der Waals surface area (Å²) in [6, 6.07) is 21.2. The number of rotatable bonds is 8. The molecule has 0 aromatic heterocycles. The van der Waals surface area contributed by atoms with Gasteiger partial charge in [0.05, 0.1) is 23.9 Å². The minimum Gasteiger partial charge on any atom is -0.458 e. The number of nitrogens with one attached hydrogen (secondary N) is 1. The molecule has 0 aliphatic carbocycles. The molecule has 1 spiro atoms. The third kappa shape index (κ3) is 7.13. The highest BCUT2D eigenvalue weighted by molar-refractivity contribution is 6.35. The minimum absolute atomic E-state index is 0.0345. The van der Waals surface area contributed by atoms with E-state index in [0.29, 0.717) is 5.56 Å². The number of carbonyl (C=O) groups is 4. The van der Waals surface area contributed by atoms with Gasteiger partial charge >= 0.3 is 12.0 Å². The summed E-state index contributed by atoms with van der Waals surface area (Å²) in [4.78, 5) is 59.3. The van der Waals surface area contributed by atoms with Crippen molar-refractivity contribution in [3.8, 4) is 6.07 Å². The van der Waals surface area contributed by atoms with Crippen molar-refractivity contribution in [2.24, 2.45) is 0 Å². The number of nitriles is 1. The SMILES string of the molecule is CN1C(=O)N(c2cc(Cl)cc(Cl)c2)C(=O)[C@]12CN(CC(=O)N[C@@H](Cc1ccccc1)C(=O)OC(C)(C)C)C[C@H]2c1ccc(C#N)cc1. The molecule has 2 fully saturated rings. The number of urea groups is 1. The highest BCUT2D eigenvalue weighted by Gasteiger charge is 2.64. The Labute approximate surface area is 283 Å². The smallest absolute Gasteiger partial charge is 0.332 e. The van der Waals surface area contributed by atoms with E-state index in [-0.39, 0.29) is 41.8 Å². The number of amides is 4. The van der Waals surface area contributed by atoms with Gasteiger partial charge in [-0.05, 0) is 62.2 Å². The number of carbonyl (C=O) groups excluding carboxylic acids is 4. The normalized spacial score (nSPS) is 20.4. The maximum Gasteiger partial charge on any atom is 0.332 e. The van der Waals surface area contributed by atoms with Crippen LogP contribution in [0.3, 0.4) is 0 Å². The topological polar surface area (TPSA) is 123 Å². The van der Waals surface area contributed by atoms with E-state index in [1.54, 1.807) is 57.0 Å². The van der Waals surface area contributed by atoms with E-state index in [9.17, 15) is 24.4 Å². The molecule has 3 atom stereocenters. The lowest BCUT2D eigenvalue weighted by Crippen LogP contribution is -2.54. The minimum atomic E-state index is -1.39. The van der Waals surface area contributed by atoms with Crippen LogP contribution in [0.25, 0.3) is 0 Å². The van der Waals surface area contributed by atoms with Gasteiger partial charge in [0.15, 0.2) is 0 Å². The predicted molar refractivity (Wildman–Crippen MR) is 178 cm³/mol. The molecular formula is C35H35Cl2N5O5. The van der Waals surface area contributed by atoms with E-state index in [4.69, 9.17) is 27.9 Å². The van der Waals surface area contributed by atoms with Crippen molar-refractivity contribution >= 4 is 52.7 Å². The molecule has 5 rings (SSSR count). The second kappa shape index (κ2) is 13.4. The highest BCUT2D eigenvalue weighted by Crippen LogP contribution is 2.46. The predicted octanol–water partition coefficient (Wildman–Crippen LogP) is 5.17. The Bertz CT molecular complexity index is 1720. The highest BCUT2D eigenvalue weighted by atomic mass is 35.5. The van der Waals surface area contributed by atoms with Gasteiger partial charge in [-0.1, -0.05) is 65.7 Å². The number of ether oxygens (including phenoxy) is 1. The summed E-state index contributed by atoms with van der Waals surface area (Å²) < 4.78 is 5.62. The fraction of sp³-hybridized carbons (Fsp3) is 0.343. The van der Waals surface area contributed by atoms with Crippen LogP contribution in [0.5, 0.6) is 0 Å². The summed E-state index contributed by atoms with van der Waals surface area (Å²) in [5, 5.41) is 12.7. The maximum absolute atomic E-state index is 14.5. The molecule has 47 heavy (non-hydrogen) atoms. The van der Waals surface area contributed by atoms with Gasteiger partial charge in [0.25, 0.3) is 5.91 Å². The number of likely N-dealkylation sites (tertiary alicyclic amines) is 1. The van der Waals surface area contributed by atoms with Gasteiger partial charge in [-0.3, -0.25) is 14.5 Å². The van der Waals surface area contributed by atoms with Crippen LogP contribution in [-0.4, -0.2) is 77.5 Å². The molecule has 4 amide bonds. The summed E-state index contributed by atoms with van der Waals surface area (Å²) in [5.74, 6) is -2.05. The van der Waals surface area contributed by atoms with Crippen LogP contribution in [-0.2, 0) is 25.5 Å². The molecule has 2 saturated heterocycles. The Kier molecular flexibility index (Phi) is 9.64. The first-order valence-electron chi connectivity index (χ1n) is 15.1. The van der Waals surface area contributed by atoms with E-state index in [0.717, 1.165) is 16.0 Å². The van der Waals surface area contributed by atoms with Crippen LogP contribution in [0, 0.1) is 11.3 Å². The molecule has 2 heterocycles. The van der Waals surface area contributed by atoms with Crippen LogP contribution in [0.1, 0.15) is 43.4 Å². The summed E-state index contributed by atoms with van der Waals surface area (Å²) in [7, 11) is 1.56. The molecule has 1 N–H and O–H groups in total. The molecule has 0 radical (unpaired) electrons. The lowest BCUT2D eigenvalue weighted by atomic mass is 9.80. The summed E-state index contributed by atoms with van der Waals surface area (Å²) in [6.45, 7) is 5.40. The number of likely N-dealkylation sites (N-methyl/N-ethyl adjacent to an activating group) is 1. The lowest BCUT2D eigenvalue weighted by Gasteiger charge is -2.34. The van der Waals surface area contributed by atoms with Gasteiger partial charge in [0.1, 0.15) is 17.2 Å². The molecule has 3 aromatic carbocycles. The van der Waals surface area contributed by atoms with Crippen molar-refractivity contribution in [2.45, 2.75) is 50.3 Å². The zero-order valence-electron chi connectivity index (χ0n) is 26.5. The molecule has 0 saturated carbocycles. The molecule has 0 bridgehead atoms. The third-order valence-electron chi connectivity index (χ3n) is 8.36. The number of esters is 1. The average molecular weight is 677 g/mol. The van der Waals surface area contributed by atoms with Crippen molar-refractivity contribution in [1.82, 2.24) is 15.1 Å². The number of hydrogen-bond acceptors (Lipinski definition) is 7. The Morgan fingerprint density at radius 2 is 1.68 bits per heavy atom. The first-order valence-corrected chi connectivity index (χ1v) is 15.8. The Balaban J connectivity index is 1.44. The van der Waals surface area contributed by atoms with Gasteiger partial charge in [0, 0.05) is 42.5 Å². The zero-order valence-corrected chi connectivity index (χ0v) is 28.0. The lowest BCUT2D eigenvalue weighted by molar-refractivity contribution is -0.158. The van der Waals surface area contributed by atoms with Crippen molar-refractivity contribution < 1.29 is 23.9 Å². The number of anilines is 1. The van der Waals surface area contributed by atoms with Crippen molar-refractivity contribution in [1.29, 1.82) is 5.26 Å². The van der Waals surface area contributed by atoms with Crippen LogP contribution >= 0.6 is 23.2 Å². The second-order valence-corrected chi connectivity index (χ2v) is 13.7.